The number of sulfonamides is 1. The molecule has 2 saturated heterocycles. The van der Waals surface area contributed by atoms with E-state index in [-0.39, 0.29) is 11.5 Å². The summed E-state index contributed by atoms with van der Waals surface area (Å²) < 4.78 is 30.9. The van der Waals surface area contributed by atoms with Crippen molar-refractivity contribution in [2.75, 3.05) is 32.5 Å². The molecule has 0 unspecified atom stereocenters. The average Bonchev–Trinajstić information content (AvgIpc) is 2.46. The summed E-state index contributed by atoms with van der Waals surface area (Å²) in [5, 5.41) is 0.762. The van der Waals surface area contributed by atoms with Gasteiger partial charge in [0.2, 0.25) is 10.0 Å². The molecular weight excluding hydrogens is 336 g/mol. The van der Waals surface area contributed by atoms with Crippen LogP contribution >= 0.6 is 11.6 Å². The van der Waals surface area contributed by atoms with Crippen LogP contribution in [0, 0.1) is 5.92 Å². The molecule has 3 rings (SSSR count). The SMILES string of the molecule is CS(=O)(=O)NC[C@H]1CCC2(CN(Cc3ccc(Cl)cc3)C2)OC1. The summed E-state index contributed by atoms with van der Waals surface area (Å²) in [6.45, 7) is 3.92. The van der Waals surface area contributed by atoms with Crippen LogP contribution in [-0.4, -0.2) is 51.4 Å². The molecule has 0 aliphatic carbocycles. The van der Waals surface area contributed by atoms with Crippen LogP contribution in [-0.2, 0) is 21.3 Å². The van der Waals surface area contributed by atoms with Gasteiger partial charge in [0.25, 0.3) is 0 Å². The monoisotopic (exact) mass is 358 g/mol. The molecule has 23 heavy (non-hydrogen) atoms. The van der Waals surface area contributed by atoms with Crippen LogP contribution in [0.5, 0.6) is 0 Å². The van der Waals surface area contributed by atoms with Crippen molar-refractivity contribution in [3.63, 3.8) is 0 Å². The molecule has 1 N–H and O–H groups in total. The van der Waals surface area contributed by atoms with Crippen molar-refractivity contribution in [3.8, 4) is 0 Å². The molecule has 1 spiro atoms. The second-order valence-electron chi connectivity index (χ2n) is 6.79. The molecule has 1 aromatic carbocycles. The quantitative estimate of drug-likeness (QED) is 0.873. The van der Waals surface area contributed by atoms with E-state index in [1.165, 1.54) is 11.8 Å². The van der Waals surface area contributed by atoms with Crippen LogP contribution in [0.1, 0.15) is 18.4 Å². The van der Waals surface area contributed by atoms with Crippen molar-refractivity contribution >= 4 is 21.6 Å². The summed E-state index contributed by atoms with van der Waals surface area (Å²) in [6, 6.07) is 7.95. The van der Waals surface area contributed by atoms with E-state index >= 15 is 0 Å². The number of benzene rings is 1. The predicted octanol–water partition coefficient (Wildman–Crippen LogP) is 1.87. The van der Waals surface area contributed by atoms with Gasteiger partial charge in [0.15, 0.2) is 0 Å². The van der Waals surface area contributed by atoms with Crippen molar-refractivity contribution in [2.45, 2.75) is 25.0 Å². The van der Waals surface area contributed by atoms with Crippen LogP contribution in [0.4, 0.5) is 0 Å². The number of hydrogen-bond donors (Lipinski definition) is 1. The lowest BCUT2D eigenvalue weighted by atomic mass is 9.83. The molecular formula is C16H23ClN2O3S. The highest BCUT2D eigenvalue weighted by Gasteiger charge is 2.46. The highest BCUT2D eigenvalue weighted by molar-refractivity contribution is 7.88. The number of likely N-dealkylation sites (tertiary alicyclic amines) is 1. The Balaban J connectivity index is 1.42. The first-order chi connectivity index (χ1) is 10.8. The van der Waals surface area contributed by atoms with Crippen molar-refractivity contribution in [2.24, 2.45) is 5.92 Å². The second-order valence-corrected chi connectivity index (χ2v) is 9.06. The lowest BCUT2D eigenvalue weighted by Gasteiger charge is -2.53. The Morgan fingerprint density at radius 3 is 2.61 bits per heavy atom. The number of nitrogens with one attached hydrogen (secondary N) is 1. The van der Waals surface area contributed by atoms with Crippen LogP contribution in [0.2, 0.25) is 5.02 Å². The summed E-state index contributed by atoms with van der Waals surface area (Å²) in [5.74, 6) is 0.278. The molecule has 1 aromatic rings. The minimum Gasteiger partial charge on any atom is -0.372 e. The van der Waals surface area contributed by atoms with Crippen LogP contribution in [0.25, 0.3) is 0 Å². The lowest BCUT2D eigenvalue weighted by molar-refractivity contribution is -0.181. The summed E-state index contributed by atoms with van der Waals surface area (Å²) >= 11 is 5.90. The van der Waals surface area contributed by atoms with E-state index in [9.17, 15) is 8.42 Å². The number of hydrogen-bond acceptors (Lipinski definition) is 4. The third-order valence-electron chi connectivity index (χ3n) is 4.61. The normalized spacial score (nSPS) is 24.5. The smallest absolute Gasteiger partial charge is 0.208 e. The van der Waals surface area contributed by atoms with Gasteiger partial charge < -0.3 is 4.74 Å². The van der Waals surface area contributed by atoms with Crippen molar-refractivity contribution in [1.29, 1.82) is 0 Å². The summed E-state index contributed by atoms with van der Waals surface area (Å²) in [5.41, 5.74) is 1.24. The topological polar surface area (TPSA) is 58.6 Å². The molecule has 0 aromatic heterocycles. The van der Waals surface area contributed by atoms with E-state index in [0.29, 0.717) is 13.2 Å². The maximum absolute atomic E-state index is 11.1. The van der Waals surface area contributed by atoms with Gasteiger partial charge in [0.05, 0.1) is 18.5 Å². The maximum atomic E-state index is 11.1. The van der Waals surface area contributed by atoms with Gasteiger partial charge >= 0.3 is 0 Å². The summed E-state index contributed by atoms with van der Waals surface area (Å²) in [7, 11) is -3.11. The Hall–Kier alpha value is -0.660. The fourth-order valence-corrected chi connectivity index (χ4v) is 3.99. The molecule has 128 valence electrons. The van der Waals surface area contributed by atoms with Gasteiger partial charge in [-0.25, -0.2) is 13.1 Å². The predicted molar refractivity (Wildman–Crippen MR) is 91.0 cm³/mol. The van der Waals surface area contributed by atoms with Gasteiger partial charge in [0, 0.05) is 31.2 Å². The van der Waals surface area contributed by atoms with Crippen LogP contribution < -0.4 is 4.72 Å². The van der Waals surface area contributed by atoms with Crippen molar-refractivity contribution in [3.05, 3.63) is 34.9 Å². The first-order valence-electron chi connectivity index (χ1n) is 7.89. The molecule has 2 heterocycles. The van der Waals surface area contributed by atoms with Gasteiger partial charge in [0.1, 0.15) is 0 Å². The molecule has 2 aliphatic heterocycles. The summed E-state index contributed by atoms with van der Waals surface area (Å²) in [6.07, 6.45) is 3.20. The molecule has 0 radical (unpaired) electrons. The van der Waals surface area contributed by atoms with E-state index in [0.717, 1.165) is 37.5 Å². The average molecular weight is 359 g/mol. The fourth-order valence-electron chi connectivity index (χ4n) is 3.33. The Morgan fingerprint density at radius 2 is 2.04 bits per heavy atom. The number of nitrogens with zero attached hydrogens (tertiary/aromatic N) is 1. The molecule has 2 aliphatic rings. The fraction of sp³-hybridized carbons (Fsp3) is 0.625. The van der Waals surface area contributed by atoms with E-state index in [4.69, 9.17) is 16.3 Å². The Kier molecular flexibility index (Phi) is 4.99. The minimum atomic E-state index is -3.11. The molecule has 0 saturated carbocycles. The molecule has 0 bridgehead atoms. The zero-order chi connectivity index (χ0) is 16.5. The molecule has 5 nitrogen and oxygen atoms in total. The van der Waals surface area contributed by atoms with Gasteiger partial charge in [-0.15, -0.1) is 0 Å². The number of ether oxygens (including phenoxy) is 1. The van der Waals surface area contributed by atoms with Gasteiger partial charge in [-0.2, -0.15) is 0 Å². The standard InChI is InChI=1S/C16H23ClN2O3S/c1-23(20,21)18-8-14-6-7-16(22-10-14)11-19(12-16)9-13-2-4-15(17)5-3-13/h2-5,14,18H,6-12H2,1H3/t14-/m1/s1. The Morgan fingerprint density at radius 1 is 1.35 bits per heavy atom. The maximum Gasteiger partial charge on any atom is 0.208 e. The van der Waals surface area contributed by atoms with E-state index < -0.39 is 10.0 Å². The van der Waals surface area contributed by atoms with E-state index in [2.05, 4.69) is 21.8 Å². The van der Waals surface area contributed by atoms with Gasteiger partial charge in [-0.3, -0.25) is 4.90 Å². The van der Waals surface area contributed by atoms with E-state index in [1.54, 1.807) is 0 Å². The Bertz CT molecular complexity index is 632. The molecule has 0 amide bonds. The third-order valence-corrected chi connectivity index (χ3v) is 5.55. The van der Waals surface area contributed by atoms with Crippen molar-refractivity contribution in [1.82, 2.24) is 9.62 Å². The highest BCUT2D eigenvalue weighted by Crippen LogP contribution is 2.36. The highest BCUT2D eigenvalue weighted by atomic mass is 35.5. The first-order valence-corrected chi connectivity index (χ1v) is 10.2. The molecule has 1 atom stereocenters. The molecule has 2 fully saturated rings. The summed E-state index contributed by atoms with van der Waals surface area (Å²) in [4.78, 5) is 2.37. The minimum absolute atomic E-state index is 0.0198. The largest absolute Gasteiger partial charge is 0.372 e. The van der Waals surface area contributed by atoms with Crippen LogP contribution in [0.15, 0.2) is 24.3 Å². The zero-order valence-corrected chi connectivity index (χ0v) is 14.9. The van der Waals surface area contributed by atoms with Gasteiger partial charge in [-0.1, -0.05) is 23.7 Å². The number of halogens is 1. The molecule has 7 heteroatoms. The Labute approximate surface area is 143 Å². The second kappa shape index (κ2) is 6.69. The van der Waals surface area contributed by atoms with Crippen LogP contribution in [0.3, 0.4) is 0 Å². The lowest BCUT2D eigenvalue weighted by Crippen LogP contribution is -2.64. The first kappa shape index (κ1) is 17.2. The van der Waals surface area contributed by atoms with Gasteiger partial charge in [-0.05, 0) is 36.5 Å². The number of rotatable bonds is 5. The third kappa shape index (κ3) is 4.67. The van der Waals surface area contributed by atoms with Crippen molar-refractivity contribution < 1.29 is 13.2 Å². The van der Waals surface area contributed by atoms with E-state index in [1.807, 2.05) is 12.1 Å². The zero-order valence-electron chi connectivity index (χ0n) is 13.3.